The van der Waals surface area contributed by atoms with Crippen molar-refractivity contribution in [3.05, 3.63) is 65.7 Å². The molecule has 0 amide bonds. The highest BCUT2D eigenvalue weighted by Gasteiger charge is 2.19. The predicted molar refractivity (Wildman–Crippen MR) is 98.4 cm³/mol. The van der Waals surface area contributed by atoms with Crippen LogP contribution >= 0.6 is 0 Å². The Balaban J connectivity index is 2.05. The smallest absolute Gasteiger partial charge is 0.338 e. The molecule has 0 saturated heterocycles. The highest BCUT2D eigenvalue weighted by Crippen LogP contribution is 2.19. The molecule has 2 rings (SSSR count). The molecular weight excluding hydrogens is 354 g/mol. The van der Waals surface area contributed by atoms with E-state index in [1.165, 1.54) is 31.4 Å². The molecule has 0 aromatic heterocycles. The molecule has 2 aromatic rings. The lowest BCUT2D eigenvalue weighted by Gasteiger charge is -2.15. The van der Waals surface area contributed by atoms with Crippen molar-refractivity contribution in [3.8, 4) is 0 Å². The maximum Gasteiger partial charge on any atom is 0.338 e. The molecular formula is C19H23NO5S. The van der Waals surface area contributed by atoms with Crippen LogP contribution in [0, 0.1) is 0 Å². The Labute approximate surface area is 154 Å². The van der Waals surface area contributed by atoms with Crippen LogP contribution in [-0.2, 0) is 19.5 Å². The minimum atomic E-state index is -3.67. The van der Waals surface area contributed by atoms with Gasteiger partial charge in [0.2, 0.25) is 10.0 Å². The predicted octanol–water partition coefficient (Wildman–Crippen LogP) is 2.92. The highest BCUT2D eigenvalue weighted by molar-refractivity contribution is 7.89. The molecule has 1 N–H and O–H groups in total. The molecule has 0 aliphatic heterocycles. The number of carbonyl (C=O) groups is 1. The topological polar surface area (TPSA) is 81.7 Å². The third kappa shape index (κ3) is 5.39. The van der Waals surface area contributed by atoms with Crippen LogP contribution in [0.25, 0.3) is 0 Å². The number of carbonyl (C=O) groups excluding carboxylic acids is 1. The van der Waals surface area contributed by atoms with E-state index in [0.29, 0.717) is 0 Å². The normalized spacial score (nSPS) is 13.8. The summed E-state index contributed by atoms with van der Waals surface area (Å²) in [7, 11) is -2.17. The van der Waals surface area contributed by atoms with Crippen LogP contribution < -0.4 is 4.72 Å². The first-order chi connectivity index (χ1) is 12.3. The fourth-order valence-corrected chi connectivity index (χ4v) is 3.64. The summed E-state index contributed by atoms with van der Waals surface area (Å²) in [6.07, 6.45) is -0.399. The Kier molecular flexibility index (Phi) is 6.90. The SMILES string of the molecule is COC[C@@H](C)NS(=O)(=O)c1ccc(C(=O)O[C@@H](C)c2ccccc2)cc1. The number of sulfonamides is 1. The van der Waals surface area contributed by atoms with Gasteiger partial charge in [0, 0.05) is 13.2 Å². The third-order valence-electron chi connectivity index (χ3n) is 3.73. The number of hydrogen-bond acceptors (Lipinski definition) is 5. The lowest BCUT2D eigenvalue weighted by Crippen LogP contribution is -2.35. The monoisotopic (exact) mass is 377 g/mol. The van der Waals surface area contributed by atoms with Crippen LogP contribution in [0.2, 0.25) is 0 Å². The molecule has 2 atom stereocenters. The summed E-state index contributed by atoms with van der Waals surface area (Å²) in [4.78, 5) is 12.3. The highest BCUT2D eigenvalue weighted by atomic mass is 32.2. The van der Waals surface area contributed by atoms with Gasteiger partial charge < -0.3 is 9.47 Å². The number of nitrogens with one attached hydrogen (secondary N) is 1. The molecule has 2 aromatic carbocycles. The Bertz CT molecular complexity index is 819. The number of esters is 1. The molecule has 0 unspecified atom stereocenters. The van der Waals surface area contributed by atoms with Crippen molar-refractivity contribution in [2.75, 3.05) is 13.7 Å². The van der Waals surface area contributed by atoms with E-state index in [0.717, 1.165) is 5.56 Å². The Hall–Kier alpha value is -2.22. The van der Waals surface area contributed by atoms with Crippen molar-refractivity contribution < 1.29 is 22.7 Å². The number of methoxy groups -OCH3 is 1. The number of ether oxygens (including phenoxy) is 2. The van der Waals surface area contributed by atoms with E-state index in [9.17, 15) is 13.2 Å². The van der Waals surface area contributed by atoms with Gasteiger partial charge in [0.05, 0.1) is 17.1 Å². The first-order valence-corrected chi connectivity index (χ1v) is 9.69. The molecule has 7 heteroatoms. The van der Waals surface area contributed by atoms with Crippen LogP contribution in [0.4, 0.5) is 0 Å². The van der Waals surface area contributed by atoms with Crippen LogP contribution in [-0.4, -0.2) is 34.1 Å². The molecule has 0 fully saturated rings. The van der Waals surface area contributed by atoms with E-state index in [-0.39, 0.29) is 23.1 Å². The van der Waals surface area contributed by atoms with E-state index < -0.39 is 22.1 Å². The Morgan fingerprint density at radius 3 is 2.23 bits per heavy atom. The number of benzene rings is 2. The quantitative estimate of drug-likeness (QED) is 0.716. The van der Waals surface area contributed by atoms with Gasteiger partial charge in [0.1, 0.15) is 6.10 Å². The molecule has 0 bridgehead atoms. The molecule has 0 spiro atoms. The first-order valence-electron chi connectivity index (χ1n) is 8.20. The van der Waals surface area contributed by atoms with Crippen molar-refractivity contribution in [2.45, 2.75) is 30.9 Å². The van der Waals surface area contributed by atoms with Crippen molar-refractivity contribution in [2.24, 2.45) is 0 Å². The van der Waals surface area contributed by atoms with Crippen LogP contribution in [0.3, 0.4) is 0 Å². The van der Waals surface area contributed by atoms with Crippen molar-refractivity contribution in [3.63, 3.8) is 0 Å². The van der Waals surface area contributed by atoms with Gasteiger partial charge in [0.25, 0.3) is 0 Å². The second-order valence-corrected chi connectivity index (χ2v) is 7.67. The molecule has 26 heavy (non-hydrogen) atoms. The zero-order chi connectivity index (χ0) is 19.2. The van der Waals surface area contributed by atoms with Gasteiger partial charge >= 0.3 is 5.97 Å². The van der Waals surface area contributed by atoms with Gasteiger partial charge in [0.15, 0.2) is 0 Å². The first kappa shape index (κ1) is 20.1. The van der Waals surface area contributed by atoms with Crippen molar-refractivity contribution >= 4 is 16.0 Å². The standard InChI is InChI=1S/C19H23NO5S/c1-14(13-24-3)20-26(22,23)18-11-9-17(10-12-18)19(21)25-15(2)16-7-5-4-6-8-16/h4-12,14-15,20H,13H2,1-3H3/t14-,15+/m1/s1. The van der Waals surface area contributed by atoms with Gasteiger partial charge in [-0.15, -0.1) is 0 Å². The van der Waals surface area contributed by atoms with Crippen LogP contribution in [0.1, 0.15) is 35.9 Å². The zero-order valence-electron chi connectivity index (χ0n) is 15.0. The number of rotatable bonds is 8. The second-order valence-electron chi connectivity index (χ2n) is 5.96. The van der Waals surface area contributed by atoms with Gasteiger partial charge in [-0.1, -0.05) is 30.3 Å². The van der Waals surface area contributed by atoms with Gasteiger partial charge in [-0.2, -0.15) is 0 Å². The summed E-state index contributed by atoms with van der Waals surface area (Å²) in [6, 6.07) is 14.7. The summed E-state index contributed by atoms with van der Waals surface area (Å²) in [5.41, 5.74) is 1.17. The minimum absolute atomic E-state index is 0.0770. The van der Waals surface area contributed by atoms with E-state index in [4.69, 9.17) is 9.47 Å². The maximum atomic E-state index is 12.3. The molecule has 0 aliphatic rings. The van der Waals surface area contributed by atoms with Crippen LogP contribution in [0.5, 0.6) is 0 Å². The molecule has 0 aliphatic carbocycles. The summed E-state index contributed by atoms with van der Waals surface area (Å²) in [6.45, 7) is 3.76. The lowest BCUT2D eigenvalue weighted by atomic mass is 10.1. The van der Waals surface area contributed by atoms with E-state index in [1.807, 2.05) is 30.3 Å². The zero-order valence-corrected chi connectivity index (χ0v) is 15.8. The van der Waals surface area contributed by atoms with Gasteiger partial charge in [-0.3, -0.25) is 0 Å². The van der Waals surface area contributed by atoms with Crippen LogP contribution in [0.15, 0.2) is 59.5 Å². The Morgan fingerprint density at radius 1 is 1.04 bits per heavy atom. The van der Waals surface area contributed by atoms with Crippen molar-refractivity contribution in [1.29, 1.82) is 0 Å². The molecule has 6 nitrogen and oxygen atoms in total. The molecule has 0 radical (unpaired) electrons. The average molecular weight is 377 g/mol. The van der Waals surface area contributed by atoms with Gasteiger partial charge in [-0.05, 0) is 43.7 Å². The van der Waals surface area contributed by atoms with E-state index in [1.54, 1.807) is 13.8 Å². The Morgan fingerprint density at radius 2 is 1.65 bits per heavy atom. The molecule has 0 heterocycles. The third-order valence-corrected chi connectivity index (χ3v) is 5.33. The van der Waals surface area contributed by atoms with E-state index in [2.05, 4.69) is 4.72 Å². The van der Waals surface area contributed by atoms with E-state index >= 15 is 0 Å². The second kappa shape index (κ2) is 8.93. The number of hydrogen-bond donors (Lipinski definition) is 1. The van der Waals surface area contributed by atoms with Gasteiger partial charge in [-0.25, -0.2) is 17.9 Å². The molecule has 0 saturated carbocycles. The maximum absolute atomic E-state index is 12.3. The average Bonchev–Trinajstić information content (AvgIpc) is 2.62. The summed E-state index contributed by atoms with van der Waals surface area (Å²) >= 11 is 0. The lowest BCUT2D eigenvalue weighted by molar-refractivity contribution is 0.0337. The largest absolute Gasteiger partial charge is 0.454 e. The summed E-state index contributed by atoms with van der Waals surface area (Å²) in [5.74, 6) is -0.508. The summed E-state index contributed by atoms with van der Waals surface area (Å²) in [5, 5.41) is 0. The minimum Gasteiger partial charge on any atom is -0.454 e. The summed E-state index contributed by atoms with van der Waals surface area (Å²) < 4.78 is 37.4. The fourth-order valence-electron chi connectivity index (χ4n) is 2.41. The van der Waals surface area contributed by atoms with Crippen molar-refractivity contribution in [1.82, 2.24) is 4.72 Å². The molecule has 140 valence electrons. The fraction of sp³-hybridized carbons (Fsp3) is 0.316.